The van der Waals surface area contributed by atoms with Gasteiger partial charge in [-0.25, -0.2) is 13.1 Å². The number of halogens is 1. The van der Waals surface area contributed by atoms with Crippen LogP contribution < -0.4 is 4.72 Å². The normalized spacial score (nSPS) is 12.7. The van der Waals surface area contributed by atoms with Crippen molar-refractivity contribution in [2.45, 2.75) is 37.6 Å². The zero-order chi connectivity index (χ0) is 13.1. The van der Waals surface area contributed by atoms with E-state index in [2.05, 4.69) is 4.72 Å². The van der Waals surface area contributed by atoms with E-state index in [1.807, 2.05) is 19.9 Å². The second-order valence-corrected chi connectivity index (χ2v) is 6.72. The Morgan fingerprint density at radius 2 is 1.88 bits per heavy atom. The molecule has 0 fully saturated rings. The predicted molar refractivity (Wildman–Crippen MR) is 70.9 cm³/mol. The van der Waals surface area contributed by atoms with Gasteiger partial charge in [0.2, 0.25) is 10.0 Å². The molecule has 0 aromatic heterocycles. The molecule has 0 unspecified atom stereocenters. The average molecular weight is 276 g/mol. The first-order valence-corrected chi connectivity index (χ1v) is 7.46. The van der Waals surface area contributed by atoms with Crippen LogP contribution in [-0.2, 0) is 10.0 Å². The van der Waals surface area contributed by atoms with E-state index < -0.39 is 15.6 Å². The van der Waals surface area contributed by atoms with Crippen LogP contribution in [0.3, 0.4) is 0 Å². The van der Waals surface area contributed by atoms with E-state index in [0.717, 1.165) is 5.56 Å². The third kappa shape index (κ3) is 3.98. The number of sulfonamides is 1. The minimum absolute atomic E-state index is 0.322. The van der Waals surface area contributed by atoms with E-state index in [-0.39, 0.29) is 0 Å². The van der Waals surface area contributed by atoms with E-state index in [1.54, 1.807) is 25.1 Å². The van der Waals surface area contributed by atoms with Crippen molar-refractivity contribution >= 4 is 21.6 Å². The largest absolute Gasteiger partial charge is 0.241 e. The molecule has 17 heavy (non-hydrogen) atoms. The highest BCUT2D eigenvalue weighted by atomic mass is 35.5. The maximum atomic E-state index is 12.2. The van der Waals surface area contributed by atoms with E-state index in [1.165, 1.54) is 0 Å². The van der Waals surface area contributed by atoms with Gasteiger partial charge in [-0.05, 0) is 38.8 Å². The average Bonchev–Trinajstić information content (AvgIpc) is 2.15. The van der Waals surface area contributed by atoms with Gasteiger partial charge in [0.15, 0.2) is 0 Å². The van der Waals surface area contributed by atoms with Gasteiger partial charge in [0.25, 0.3) is 0 Å². The molecule has 1 aromatic rings. The van der Waals surface area contributed by atoms with Crippen LogP contribution in [0.2, 0.25) is 0 Å². The van der Waals surface area contributed by atoms with E-state index in [9.17, 15) is 8.42 Å². The van der Waals surface area contributed by atoms with Crippen molar-refractivity contribution in [2.75, 3.05) is 5.88 Å². The van der Waals surface area contributed by atoms with Crippen LogP contribution in [0, 0.1) is 6.92 Å². The Morgan fingerprint density at radius 1 is 1.29 bits per heavy atom. The minimum atomic E-state index is -3.48. The van der Waals surface area contributed by atoms with Gasteiger partial charge in [-0.3, -0.25) is 0 Å². The standard InChI is InChI=1S/C12H18ClNO2S/c1-10-6-4-5-7-11(10)17(15,16)14-12(2,3)8-9-13/h4-7,14H,8-9H2,1-3H3. The number of hydrogen-bond acceptors (Lipinski definition) is 2. The van der Waals surface area contributed by atoms with Crippen molar-refractivity contribution in [3.05, 3.63) is 29.8 Å². The SMILES string of the molecule is Cc1ccccc1S(=O)(=O)NC(C)(C)CCCl. The van der Waals surface area contributed by atoms with Crippen LogP contribution >= 0.6 is 11.6 Å². The quantitative estimate of drug-likeness (QED) is 0.840. The van der Waals surface area contributed by atoms with Gasteiger partial charge in [-0.15, -0.1) is 11.6 Å². The summed E-state index contributed by atoms with van der Waals surface area (Å²) in [5.41, 5.74) is 0.199. The van der Waals surface area contributed by atoms with Gasteiger partial charge in [0, 0.05) is 11.4 Å². The first kappa shape index (κ1) is 14.5. The number of hydrogen-bond donors (Lipinski definition) is 1. The summed E-state index contributed by atoms with van der Waals surface area (Å²) in [7, 11) is -3.48. The number of alkyl halides is 1. The van der Waals surface area contributed by atoms with Crippen LogP contribution in [-0.4, -0.2) is 19.8 Å². The molecule has 0 atom stereocenters. The molecule has 0 bridgehead atoms. The lowest BCUT2D eigenvalue weighted by atomic mass is 10.0. The Morgan fingerprint density at radius 3 is 2.41 bits per heavy atom. The number of rotatable bonds is 5. The molecule has 0 spiro atoms. The van der Waals surface area contributed by atoms with E-state index in [0.29, 0.717) is 17.2 Å². The van der Waals surface area contributed by atoms with Gasteiger partial charge in [0.05, 0.1) is 4.90 Å². The molecule has 0 radical (unpaired) electrons. The molecule has 1 aromatic carbocycles. The lowest BCUT2D eigenvalue weighted by Crippen LogP contribution is -2.43. The molecule has 3 nitrogen and oxygen atoms in total. The summed E-state index contributed by atoms with van der Waals surface area (Å²) < 4.78 is 27.1. The van der Waals surface area contributed by atoms with E-state index in [4.69, 9.17) is 11.6 Å². The smallest absolute Gasteiger partial charge is 0.207 e. The van der Waals surface area contributed by atoms with Crippen LogP contribution in [0.4, 0.5) is 0 Å². The molecule has 0 aliphatic heterocycles. The number of nitrogens with one attached hydrogen (secondary N) is 1. The molecule has 0 saturated carbocycles. The molecular weight excluding hydrogens is 258 g/mol. The second kappa shape index (κ2) is 5.38. The summed E-state index contributed by atoms with van der Waals surface area (Å²) >= 11 is 5.66. The zero-order valence-electron chi connectivity index (χ0n) is 10.3. The zero-order valence-corrected chi connectivity index (χ0v) is 11.9. The summed E-state index contributed by atoms with van der Waals surface area (Å²) in [6.45, 7) is 5.43. The van der Waals surface area contributed by atoms with Crippen LogP contribution in [0.15, 0.2) is 29.2 Å². The minimum Gasteiger partial charge on any atom is -0.207 e. The van der Waals surface area contributed by atoms with Gasteiger partial charge >= 0.3 is 0 Å². The van der Waals surface area contributed by atoms with Crippen molar-refractivity contribution in [2.24, 2.45) is 0 Å². The summed E-state index contributed by atoms with van der Waals surface area (Å²) in [6.07, 6.45) is 0.583. The third-order valence-corrected chi connectivity index (χ3v) is 4.56. The van der Waals surface area contributed by atoms with Gasteiger partial charge in [0.1, 0.15) is 0 Å². The highest BCUT2D eigenvalue weighted by Gasteiger charge is 2.26. The summed E-state index contributed by atoms with van der Waals surface area (Å²) in [6, 6.07) is 6.92. The Bertz CT molecular complexity index is 483. The molecule has 0 saturated heterocycles. The van der Waals surface area contributed by atoms with Crippen molar-refractivity contribution in [3.8, 4) is 0 Å². The van der Waals surface area contributed by atoms with Crippen molar-refractivity contribution < 1.29 is 8.42 Å². The van der Waals surface area contributed by atoms with Gasteiger partial charge in [-0.1, -0.05) is 18.2 Å². The number of aryl methyl sites for hydroxylation is 1. The van der Waals surface area contributed by atoms with Crippen molar-refractivity contribution in [1.82, 2.24) is 4.72 Å². The maximum Gasteiger partial charge on any atom is 0.241 e. The van der Waals surface area contributed by atoms with E-state index >= 15 is 0 Å². The Kier molecular flexibility index (Phi) is 4.58. The lowest BCUT2D eigenvalue weighted by molar-refractivity contribution is 0.441. The summed E-state index contributed by atoms with van der Waals surface area (Å²) in [4.78, 5) is 0.322. The molecule has 5 heteroatoms. The van der Waals surface area contributed by atoms with Gasteiger partial charge in [-0.2, -0.15) is 0 Å². The molecule has 0 aliphatic rings. The van der Waals surface area contributed by atoms with Crippen molar-refractivity contribution in [1.29, 1.82) is 0 Å². The summed E-state index contributed by atoms with van der Waals surface area (Å²) in [5, 5.41) is 0. The second-order valence-electron chi connectivity index (χ2n) is 4.69. The van der Waals surface area contributed by atoms with Crippen LogP contribution in [0.1, 0.15) is 25.8 Å². The van der Waals surface area contributed by atoms with Crippen LogP contribution in [0.5, 0.6) is 0 Å². The molecule has 0 aliphatic carbocycles. The topological polar surface area (TPSA) is 46.2 Å². The highest BCUT2D eigenvalue weighted by Crippen LogP contribution is 2.18. The van der Waals surface area contributed by atoms with Crippen LogP contribution in [0.25, 0.3) is 0 Å². The fourth-order valence-electron chi connectivity index (χ4n) is 1.56. The molecule has 96 valence electrons. The first-order valence-electron chi connectivity index (χ1n) is 5.44. The Labute approximate surface area is 108 Å². The molecule has 0 heterocycles. The fraction of sp³-hybridized carbons (Fsp3) is 0.500. The third-order valence-electron chi connectivity index (χ3n) is 2.51. The number of benzene rings is 1. The summed E-state index contributed by atoms with van der Waals surface area (Å²) in [5.74, 6) is 0.420. The van der Waals surface area contributed by atoms with Crippen molar-refractivity contribution in [3.63, 3.8) is 0 Å². The Balaban J connectivity index is 3.02. The highest BCUT2D eigenvalue weighted by molar-refractivity contribution is 7.89. The first-order chi connectivity index (χ1) is 7.78. The molecule has 0 amide bonds. The Hall–Kier alpha value is -0.580. The fourth-order valence-corrected chi connectivity index (χ4v) is 3.73. The molecule has 1 rings (SSSR count). The molecule has 1 N–H and O–H groups in total. The predicted octanol–water partition coefficient (Wildman–Crippen LogP) is 2.68. The monoisotopic (exact) mass is 275 g/mol. The maximum absolute atomic E-state index is 12.2. The lowest BCUT2D eigenvalue weighted by Gasteiger charge is -2.25. The molecular formula is C12H18ClNO2S. The van der Waals surface area contributed by atoms with Gasteiger partial charge < -0.3 is 0 Å².